The van der Waals surface area contributed by atoms with Gasteiger partial charge >= 0.3 is 0 Å². The molecule has 2 N–H and O–H groups in total. The summed E-state index contributed by atoms with van der Waals surface area (Å²) in [5.41, 5.74) is -0.518. The van der Waals surface area contributed by atoms with E-state index in [4.69, 9.17) is 5.11 Å². The van der Waals surface area contributed by atoms with Crippen LogP contribution < -0.4 is 4.72 Å². The number of aliphatic hydroxyl groups excluding tert-OH is 1. The minimum Gasteiger partial charge on any atom is -0.394 e. The zero-order chi connectivity index (χ0) is 10.8. The predicted octanol–water partition coefficient (Wildman–Crippen LogP) is 0.477. The van der Waals surface area contributed by atoms with Gasteiger partial charge in [0, 0.05) is 0 Å². The average Bonchev–Trinajstić information content (AvgIpc) is 2.82. The van der Waals surface area contributed by atoms with Crippen molar-refractivity contribution in [3.05, 3.63) is 0 Å². The lowest BCUT2D eigenvalue weighted by Crippen LogP contribution is -2.40. The minimum atomic E-state index is -3.19. The van der Waals surface area contributed by atoms with Crippen molar-refractivity contribution >= 4 is 10.0 Å². The molecule has 0 spiro atoms. The zero-order valence-corrected chi connectivity index (χ0v) is 9.60. The van der Waals surface area contributed by atoms with Crippen LogP contribution in [0, 0.1) is 5.92 Å². The lowest BCUT2D eigenvalue weighted by Gasteiger charge is -2.15. The Balaban J connectivity index is 2.42. The highest BCUT2D eigenvalue weighted by molar-refractivity contribution is 7.89. The molecular weight excluding hydrogens is 202 g/mol. The van der Waals surface area contributed by atoms with Crippen LogP contribution in [0.15, 0.2) is 0 Å². The van der Waals surface area contributed by atoms with Gasteiger partial charge in [0.25, 0.3) is 0 Å². The first-order chi connectivity index (χ1) is 6.39. The third-order valence-electron chi connectivity index (χ3n) is 2.49. The van der Waals surface area contributed by atoms with E-state index in [9.17, 15) is 8.42 Å². The molecule has 0 heterocycles. The van der Waals surface area contributed by atoms with E-state index in [1.807, 2.05) is 13.8 Å². The van der Waals surface area contributed by atoms with Crippen molar-refractivity contribution in [2.24, 2.45) is 5.92 Å². The molecule has 4 nitrogen and oxygen atoms in total. The fourth-order valence-corrected chi connectivity index (χ4v) is 3.03. The first kappa shape index (κ1) is 11.9. The van der Waals surface area contributed by atoms with Crippen molar-refractivity contribution in [3.8, 4) is 0 Å². The van der Waals surface area contributed by atoms with E-state index in [1.165, 1.54) is 0 Å². The standard InChI is InChI=1S/C9H19NO3S/c1-8(2)3-6-14(12,13)10-9(7-11)4-5-9/h8,10-11H,3-7H2,1-2H3. The van der Waals surface area contributed by atoms with Gasteiger partial charge in [-0.2, -0.15) is 0 Å². The second-order valence-corrected chi connectivity index (χ2v) is 6.38. The highest BCUT2D eigenvalue weighted by atomic mass is 32.2. The maximum Gasteiger partial charge on any atom is 0.212 e. The van der Waals surface area contributed by atoms with Crippen LogP contribution >= 0.6 is 0 Å². The second-order valence-electron chi connectivity index (χ2n) is 4.54. The van der Waals surface area contributed by atoms with Gasteiger partial charge in [-0.05, 0) is 25.2 Å². The van der Waals surface area contributed by atoms with E-state index < -0.39 is 15.6 Å². The number of hydrogen-bond donors (Lipinski definition) is 2. The summed E-state index contributed by atoms with van der Waals surface area (Å²) in [5.74, 6) is 0.544. The molecule has 1 saturated carbocycles. The van der Waals surface area contributed by atoms with Gasteiger partial charge in [-0.25, -0.2) is 13.1 Å². The van der Waals surface area contributed by atoms with Crippen LogP contribution in [-0.4, -0.2) is 31.4 Å². The minimum absolute atomic E-state index is 0.0894. The van der Waals surface area contributed by atoms with Crippen molar-refractivity contribution in [1.29, 1.82) is 0 Å². The molecule has 5 heteroatoms. The molecule has 14 heavy (non-hydrogen) atoms. The molecule has 0 aromatic carbocycles. The van der Waals surface area contributed by atoms with Gasteiger partial charge in [0.05, 0.1) is 17.9 Å². The van der Waals surface area contributed by atoms with Crippen molar-refractivity contribution in [2.75, 3.05) is 12.4 Å². The van der Waals surface area contributed by atoms with E-state index >= 15 is 0 Å². The van der Waals surface area contributed by atoms with Crippen molar-refractivity contribution < 1.29 is 13.5 Å². The summed E-state index contributed by atoms with van der Waals surface area (Å²) in [7, 11) is -3.19. The van der Waals surface area contributed by atoms with Crippen molar-refractivity contribution in [1.82, 2.24) is 4.72 Å². The Morgan fingerprint density at radius 1 is 1.43 bits per heavy atom. The smallest absolute Gasteiger partial charge is 0.212 e. The molecule has 0 aromatic heterocycles. The molecule has 0 saturated heterocycles. The Morgan fingerprint density at radius 2 is 2.00 bits per heavy atom. The van der Waals surface area contributed by atoms with Crippen LogP contribution in [-0.2, 0) is 10.0 Å². The summed E-state index contributed by atoms with van der Waals surface area (Å²) in [5, 5.41) is 8.97. The first-order valence-electron chi connectivity index (χ1n) is 5.02. The molecule has 1 aliphatic rings. The van der Waals surface area contributed by atoms with Crippen LogP contribution in [0.5, 0.6) is 0 Å². The topological polar surface area (TPSA) is 66.4 Å². The number of rotatable bonds is 6. The Hall–Kier alpha value is -0.130. The fourth-order valence-electron chi connectivity index (χ4n) is 1.22. The third-order valence-corrected chi connectivity index (χ3v) is 4.01. The Kier molecular flexibility index (Phi) is 3.55. The van der Waals surface area contributed by atoms with E-state index in [1.54, 1.807) is 0 Å². The highest BCUT2D eigenvalue weighted by Crippen LogP contribution is 2.35. The average molecular weight is 221 g/mol. The molecule has 0 atom stereocenters. The molecule has 84 valence electrons. The quantitative estimate of drug-likeness (QED) is 0.685. The molecule has 1 rings (SSSR count). The number of sulfonamides is 1. The van der Waals surface area contributed by atoms with Crippen molar-refractivity contribution in [3.63, 3.8) is 0 Å². The number of hydrogen-bond acceptors (Lipinski definition) is 3. The van der Waals surface area contributed by atoms with Crippen LogP contribution in [0.2, 0.25) is 0 Å². The van der Waals surface area contributed by atoms with Gasteiger partial charge in [0.2, 0.25) is 10.0 Å². The molecule has 0 radical (unpaired) electrons. The zero-order valence-electron chi connectivity index (χ0n) is 8.78. The van der Waals surface area contributed by atoms with Crippen molar-refractivity contribution in [2.45, 2.75) is 38.6 Å². The Bertz CT molecular complexity index is 280. The molecule has 0 aliphatic heterocycles. The van der Waals surface area contributed by atoms with Gasteiger partial charge < -0.3 is 5.11 Å². The summed E-state index contributed by atoms with van der Waals surface area (Å²) in [6, 6.07) is 0. The maximum atomic E-state index is 11.5. The van der Waals surface area contributed by atoms with E-state index in [2.05, 4.69) is 4.72 Å². The normalized spacial score (nSPS) is 20.0. The molecule has 0 bridgehead atoms. The van der Waals surface area contributed by atoms with Gasteiger partial charge in [0.15, 0.2) is 0 Å². The van der Waals surface area contributed by atoms with Crippen LogP contribution in [0.25, 0.3) is 0 Å². The second kappa shape index (κ2) is 4.16. The lowest BCUT2D eigenvalue weighted by atomic mass is 10.2. The molecule has 0 aromatic rings. The van der Waals surface area contributed by atoms with E-state index in [-0.39, 0.29) is 12.4 Å². The monoisotopic (exact) mass is 221 g/mol. The third kappa shape index (κ3) is 3.55. The van der Waals surface area contributed by atoms with Gasteiger partial charge in [-0.3, -0.25) is 0 Å². The summed E-state index contributed by atoms with van der Waals surface area (Å²) in [6.45, 7) is 3.90. The summed E-state index contributed by atoms with van der Waals surface area (Å²) in [6.07, 6.45) is 2.17. The first-order valence-corrected chi connectivity index (χ1v) is 6.67. The largest absolute Gasteiger partial charge is 0.394 e. The summed E-state index contributed by atoms with van der Waals surface area (Å²) < 4.78 is 25.6. The molecule has 0 amide bonds. The predicted molar refractivity (Wildman–Crippen MR) is 55.4 cm³/mol. The fraction of sp³-hybridized carbons (Fsp3) is 1.00. The SMILES string of the molecule is CC(C)CCS(=O)(=O)NC1(CO)CC1. The molecule has 0 unspecified atom stereocenters. The summed E-state index contributed by atoms with van der Waals surface area (Å²) in [4.78, 5) is 0. The maximum absolute atomic E-state index is 11.5. The van der Waals surface area contributed by atoms with Crippen LogP contribution in [0.3, 0.4) is 0 Å². The molecule has 1 fully saturated rings. The Labute approximate surface area is 85.8 Å². The highest BCUT2D eigenvalue weighted by Gasteiger charge is 2.45. The summed E-state index contributed by atoms with van der Waals surface area (Å²) >= 11 is 0. The number of aliphatic hydroxyl groups is 1. The lowest BCUT2D eigenvalue weighted by molar-refractivity contribution is 0.246. The van der Waals surface area contributed by atoms with Gasteiger partial charge in [-0.1, -0.05) is 13.8 Å². The van der Waals surface area contributed by atoms with Crippen LogP contribution in [0.4, 0.5) is 0 Å². The molecule has 1 aliphatic carbocycles. The van der Waals surface area contributed by atoms with Gasteiger partial charge in [0.1, 0.15) is 0 Å². The van der Waals surface area contributed by atoms with E-state index in [0.29, 0.717) is 12.3 Å². The van der Waals surface area contributed by atoms with E-state index in [0.717, 1.165) is 12.8 Å². The Morgan fingerprint density at radius 3 is 2.36 bits per heavy atom. The van der Waals surface area contributed by atoms with Gasteiger partial charge in [-0.15, -0.1) is 0 Å². The number of nitrogens with one attached hydrogen (secondary N) is 1. The molecular formula is C9H19NO3S. The van der Waals surface area contributed by atoms with Crippen LogP contribution in [0.1, 0.15) is 33.1 Å².